The van der Waals surface area contributed by atoms with Crippen molar-refractivity contribution in [2.45, 2.75) is 21.1 Å². The molecule has 0 saturated carbocycles. The molecule has 1 fully saturated rings. The Balaban J connectivity index is 2.17. The van der Waals surface area contributed by atoms with E-state index in [1.54, 1.807) is 0 Å². The Morgan fingerprint density at radius 2 is 1.79 bits per heavy atom. The standard InChI is InChI=1S/C7H7O3.3CH3.Sn/c1-2-6(8-3-1)7-9-4-5-10-7;;;;/h1-2,7H,4-5H2;3*1H3;. The molecule has 0 aromatic carbocycles. The Morgan fingerprint density at radius 1 is 1.14 bits per heavy atom. The molecular weight excluding hydrogens is 287 g/mol. The van der Waals surface area contributed by atoms with Gasteiger partial charge in [-0.2, -0.15) is 0 Å². The quantitative estimate of drug-likeness (QED) is 0.782. The molecule has 1 aliphatic rings. The van der Waals surface area contributed by atoms with E-state index in [1.807, 2.05) is 6.07 Å². The first kappa shape index (κ1) is 10.5. The van der Waals surface area contributed by atoms with E-state index >= 15 is 0 Å². The van der Waals surface area contributed by atoms with Crippen molar-refractivity contribution in [3.8, 4) is 0 Å². The minimum atomic E-state index is -2.05. The van der Waals surface area contributed by atoms with Crippen LogP contribution in [0.2, 0.25) is 14.8 Å². The van der Waals surface area contributed by atoms with Crippen LogP contribution in [0.5, 0.6) is 0 Å². The average molecular weight is 303 g/mol. The Morgan fingerprint density at radius 3 is 2.29 bits per heavy atom. The van der Waals surface area contributed by atoms with Gasteiger partial charge in [0.2, 0.25) is 0 Å². The number of rotatable bonds is 2. The molecule has 0 spiro atoms. The van der Waals surface area contributed by atoms with Crippen LogP contribution in [0.4, 0.5) is 0 Å². The summed E-state index contributed by atoms with van der Waals surface area (Å²) >= 11 is -2.05. The van der Waals surface area contributed by atoms with Crippen molar-refractivity contribution < 1.29 is 13.9 Å². The number of hydrogen-bond acceptors (Lipinski definition) is 3. The van der Waals surface area contributed by atoms with Gasteiger partial charge in [-0.3, -0.25) is 0 Å². The van der Waals surface area contributed by atoms with Crippen LogP contribution in [0.15, 0.2) is 16.5 Å². The molecule has 1 aromatic heterocycles. The van der Waals surface area contributed by atoms with E-state index in [0.717, 1.165) is 5.76 Å². The molecule has 0 aliphatic carbocycles. The molecule has 1 aromatic rings. The zero-order valence-electron chi connectivity index (χ0n) is 8.87. The van der Waals surface area contributed by atoms with Crippen molar-refractivity contribution in [3.63, 3.8) is 0 Å². The van der Waals surface area contributed by atoms with Crippen LogP contribution in [0, 0.1) is 0 Å². The molecule has 0 bridgehead atoms. The monoisotopic (exact) mass is 304 g/mol. The molecule has 0 radical (unpaired) electrons. The van der Waals surface area contributed by atoms with Gasteiger partial charge in [-0.15, -0.1) is 0 Å². The summed E-state index contributed by atoms with van der Waals surface area (Å²) in [6, 6.07) is 4.06. The molecule has 0 N–H and O–H groups in total. The van der Waals surface area contributed by atoms with Crippen molar-refractivity contribution in [3.05, 3.63) is 17.9 Å². The van der Waals surface area contributed by atoms with Crippen molar-refractivity contribution in [1.29, 1.82) is 0 Å². The fraction of sp³-hybridized carbons (Fsp3) is 0.600. The van der Waals surface area contributed by atoms with E-state index in [-0.39, 0.29) is 6.29 Å². The van der Waals surface area contributed by atoms with Crippen LogP contribution in [-0.2, 0) is 9.47 Å². The average Bonchev–Trinajstić information content (AvgIpc) is 2.73. The van der Waals surface area contributed by atoms with Gasteiger partial charge in [0.15, 0.2) is 0 Å². The summed E-state index contributed by atoms with van der Waals surface area (Å²) in [5.41, 5.74) is 0. The van der Waals surface area contributed by atoms with Gasteiger partial charge >= 0.3 is 88.3 Å². The summed E-state index contributed by atoms with van der Waals surface area (Å²) in [6.45, 7) is 1.33. The third-order valence-corrected chi connectivity index (χ3v) is 7.21. The molecule has 2 rings (SSSR count). The summed E-state index contributed by atoms with van der Waals surface area (Å²) in [7, 11) is 0. The second-order valence-electron chi connectivity index (χ2n) is 4.53. The second-order valence-corrected chi connectivity index (χ2v) is 18.8. The van der Waals surface area contributed by atoms with Crippen molar-refractivity contribution in [2.75, 3.05) is 13.2 Å². The van der Waals surface area contributed by atoms with Crippen molar-refractivity contribution in [2.24, 2.45) is 0 Å². The van der Waals surface area contributed by atoms with E-state index in [1.165, 1.54) is 3.78 Å². The first-order valence-electron chi connectivity index (χ1n) is 4.91. The Hall–Kier alpha value is -0.00130. The molecular formula is C10H16O3Sn. The van der Waals surface area contributed by atoms with E-state index < -0.39 is 18.4 Å². The normalized spacial score (nSPS) is 19.1. The molecule has 78 valence electrons. The van der Waals surface area contributed by atoms with E-state index in [9.17, 15) is 0 Å². The van der Waals surface area contributed by atoms with Gasteiger partial charge in [-0.05, 0) is 0 Å². The van der Waals surface area contributed by atoms with Gasteiger partial charge in [0.05, 0.1) is 0 Å². The predicted octanol–water partition coefficient (Wildman–Crippen LogP) is 1.87. The Labute approximate surface area is 88.3 Å². The molecule has 1 aliphatic heterocycles. The molecule has 0 atom stereocenters. The molecule has 0 amide bonds. The van der Waals surface area contributed by atoms with Crippen LogP contribution in [0.25, 0.3) is 0 Å². The molecule has 3 nitrogen and oxygen atoms in total. The molecule has 1 saturated heterocycles. The molecule has 4 heteroatoms. The SMILES string of the molecule is [CH3][Sn]([CH3])([CH3])[c]1ccc(C2OCCO2)o1. The van der Waals surface area contributed by atoms with Crippen LogP contribution in [0.1, 0.15) is 12.1 Å². The first-order valence-corrected chi connectivity index (χ1v) is 14.9. The van der Waals surface area contributed by atoms with Crippen LogP contribution in [-0.4, -0.2) is 31.6 Å². The maximum absolute atomic E-state index is 5.78. The zero-order valence-corrected chi connectivity index (χ0v) is 11.7. The summed E-state index contributed by atoms with van der Waals surface area (Å²) < 4.78 is 17.7. The summed E-state index contributed by atoms with van der Waals surface area (Å²) in [4.78, 5) is 6.98. The van der Waals surface area contributed by atoms with E-state index in [2.05, 4.69) is 20.9 Å². The predicted molar refractivity (Wildman–Crippen MR) is 56.3 cm³/mol. The zero-order chi connectivity index (χ0) is 10.2. The second kappa shape index (κ2) is 3.87. The first-order chi connectivity index (χ1) is 6.57. The third kappa shape index (κ3) is 2.15. The fourth-order valence-corrected chi connectivity index (χ4v) is 4.28. The fourth-order valence-electron chi connectivity index (χ4n) is 1.41. The van der Waals surface area contributed by atoms with Crippen molar-refractivity contribution >= 4 is 22.2 Å². The van der Waals surface area contributed by atoms with Crippen LogP contribution >= 0.6 is 0 Å². The Kier molecular flexibility index (Phi) is 2.90. The van der Waals surface area contributed by atoms with Gasteiger partial charge in [0.1, 0.15) is 0 Å². The van der Waals surface area contributed by atoms with Gasteiger partial charge in [0.25, 0.3) is 0 Å². The number of ether oxygens (including phenoxy) is 2. The van der Waals surface area contributed by atoms with Crippen LogP contribution in [0.3, 0.4) is 0 Å². The molecule has 2 heterocycles. The Bertz CT molecular complexity index is 307. The molecule has 14 heavy (non-hydrogen) atoms. The van der Waals surface area contributed by atoms with Crippen molar-refractivity contribution in [1.82, 2.24) is 0 Å². The van der Waals surface area contributed by atoms with Gasteiger partial charge in [-0.25, -0.2) is 0 Å². The third-order valence-electron chi connectivity index (χ3n) is 2.22. The van der Waals surface area contributed by atoms with Crippen LogP contribution < -0.4 is 3.78 Å². The number of hydrogen-bond donors (Lipinski definition) is 0. The minimum absolute atomic E-state index is 0.266. The summed E-state index contributed by atoms with van der Waals surface area (Å²) in [5.74, 6) is 0.823. The van der Waals surface area contributed by atoms with Gasteiger partial charge in [0, 0.05) is 0 Å². The maximum atomic E-state index is 5.78. The van der Waals surface area contributed by atoms with E-state index in [4.69, 9.17) is 13.9 Å². The topological polar surface area (TPSA) is 31.6 Å². The van der Waals surface area contributed by atoms with Gasteiger partial charge in [-0.1, -0.05) is 0 Å². The van der Waals surface area contributed by atoms with Gasteiger partial charge < -0.3 is 0 Å². The van der Waals surface area contributed by atoms with E-state index in [0.29, 0.717) is 13.2 Å². The summed E-state index contributed by atoms with van der Waals surface area (Å²) in [5, 5.41) is 0. The number of furan rings is 1. The molecule has 0 unspecified atom stereocenters. The summed E-state index contributed by atoms with van der Waals surface area (Å²) in [6.07, 6.45) is -0.266.